The van der Waals surface area contributed by atoms with Crippen molar-refractivity contribution in [3.05, 3.63) is 37.1 Å². The fourth-order valence-electron chi connectivity index (χ4n) is 3.16. The van der Waals surface area contributed by atoms with Gasteiger partial charge in [-0.2, -0.15) is 0 Å². The molecule has 25 heavy (non-hydrogen) atoms. The monoisotopic (exact) mass is 351 g/mol. The maximum absolute atomic E-state index is 12.2. The number of aliphatic hydroxyl groups excluding tert-OH is 1. The van der Waals surface area contributed by atoms with Crippen LogP contribution in [-0.2, 0) is 4.79 Å². The average molecular weight is 351 g/mol. The molecule has 2 aliphatic heterocycles. The molecule has 140 valence electrons. The molecule has 2 saturated heterocycles. The number of carbonyl (C=O) groups is 2. The summed E-state index contributed by atoms with van der Waals surface area (Å²) in [6, 6.07) is -0.494. The second kappa shape index (κ2) is 9.27. The van der Waals surface area contributed by atoms with Crippen LogP contribution >= 0.6 is 0 Å². The number of fused-ring (bicyclic) bond motifs is 1. The number of nitrogens with two attached hydrogens (primary N) is 1. The molecule has 2 amide bonds. The first-order chi connectivity index (χ1) is 11.7. The van der Waals surface area contributed by atoms with E-state index in [1.54, 1.807) is 4.90 Å². The largest absolute Gasteiger partial charge is 0.508 e. The summed E-state index contributed by atoms with van der Waals surface area (Å²) in [6.45, 7) is 11.7. The number of amides is 2. The smallest absolute Gasteiger partial charge is 0.407 e. The molecule has 0 spiro atoms. The number of rotatable bonds is 4. The van der Waals surface area contributed by atoms with E-state index in [9.17, 15) is 9.59 Å². The van der Waals surface area contributed by atoms with Crippen LogP contribution in [0.5, 0.6) is 0 Å². The van der Waals surface area contributed by atoms with Gasteiger partial charge in [-0.15, -0.1) is 0 Å². The SMILES string of the molecule is C=C/C=C(/O)C=C.CC(C)C(N)C(=O)N1CCC2C1CCN2C(=O)O. The highest BCUT2D eigenvalue weighted by Gasteiger charge is 2.47. The van der Waals surface area contributed by atoms with Crippen LogP contribution in [0.1, 0.15) is 26.7 Å². The lowest BCUT2D eigenvalue weighted by Crippen LogP contribution is -2.49. The first kappa shape index (κ1) is 20.8. The first-order valence-corrected chi connectivity index (χ1v) is 8.44. The molecule has 2 rings (SSSR count). The van der Waals surface area contributed by atoms with E-state index in [2.05, 4.69) is 13.2 Å². The van der Waals surface area contributed by atoms with Crippen LogP contribution in [0.15, 0.2) is 37.1 Å². The zero-order chi connectivity index (χ0) is 19.1. The highest BCUT2D eigenvalue weighted by molar-refractivity contribution is 5.83. The third-order valence-corrected chi connectivity index (χ3v) is 4.61. The van der Waals surface area contributed by atoms with Crippen LogP contribution in [0.25, 0.3) is 0 Å². The normalized spacial score (nSPS) is 23.6. The van der Waals surface area contributed by atoms with Gasteiger partial charge in [-0.1, -0.05) is 33.1 Å². The van der Waals surface area contributed by atoms with Gasteiger partial charge in [0.2, 0.25) is 5.91 Å². The summed E-state index contributed by atoms with van der Waals surface area (Å²) in [7, 11) is 0. The summed E-state index contributed by atoms with van der Waals surface area (Å²) < 4.78 is 0. The minimum atomic E-state index is -0.884. The molecule has 0 radical (unpaired) electrons. The number of hydrogen-bond donors (Lipinski definition) is 3. The number of carbonyl (C=O) groups excluding carboxylic acids is 1. The quantitative estimate of drug-likeness (QED) is 0.531. The summed E-state index contributed by atoms with van der Waals surface area (Å²) in [5.41, 5.74) is 5.90. The van der Waals surface area contributed by atoms with Crippen molar-refractivity contribution in [3.63, 3.8) is 0 Å². The summed E-state index contributed by atoms with van der Waals surface area (Å²) in [5, 5.41) is 17.6. The molecule has 3 unspecified atom stereocenters. The van der Waals surface area contributed by atoms with E-state index in [0.717, 1.165) is 12.8 Å². The highest BCUT2D eigenvalue weighted by atomic mass is 16.4. The lowest BCUT2D eigenvalue weighted by molar-refractivity contribution is -0.134. The maximum atomic E-state index is 12.2. The highest BCUT2D eigenvalue weighted by Crippen LogP contribution is 2.32. The molecule has 0 aromatic rings. The molecule has 0 aromatic heterocycles. The minimum absolute atomic E-state index is 0.0263. The Kier molecular flexibility index (Phi) is 7.70. The van der Waals surface area contributed by atoms with E-state index in [4.69, 9.17) is 15.9 Å². The molecular formula is C18H29N3O4. The van der Waals surface area contributed by atoms with Gasteiger partial charge in [0.25, 0.3) is 0 Å². The van der Waals surface area contributed by atoms with Gasteiger partial charge in [0, 0.05) is 13.1 Å². The number of aliphatic hydroxyl groups is 1. The van der Waals surface area contributed by atoms with E-state index < -0.39 is 12.1 Å². The lowest BCUT2D eigenvalue weighted by Gasteiger charge is -2.28. The topological polar surface area (TPSA) is 107 Å². The Hall–Kier alpha value is -2.28. The Bertz CT molecular complexity index is 544. The van der Waals surface area contributed by atoms with E-state index in [1.165, 1.54) is 23.1 Å². The summed E-state index contributed by atoms with van der Waals surface area (Å²) in [4.78, 5) is 26.5. The predicted molar refractivity (Wildman–Crippen MR) is 97.2 cm³/mol. The summed E-state index contributed by atoms with van der Waals surface area (Å²) in [6.07, 6.45) is 4.89. The van der Waals surface area contributed by atoms with Crippen molar-refractivity contribution < 1.29 is 19.8 Å². The van der Waals surface area contributed by atoms with Crippen molar-refractivity contribution in [2.45, 2.75) is 44.8 Å². The van der Waals surface area contributed by atoms with Crippen LogP contribution in [0.4, 0.5) is 4.79 Å². The molecular weight excluding hydrogens is 322 g/mol. The standard InChI is InChI=1S/C12H21N3O3.C6H8O/c1-7(2)10(13)11(16)14-5-3-9-8(14)4-6-15(9)12(17)18;1-3-5-6(7)4-2/h7-10H,3-6,13H2,1-2H3,(H,17,18);3-5,7H,1-2H2/b;6-5+. The molecule has 3 atom stereocenters. The van der Waals surface area contributed by atoms with Crippen molar-refractivity contribution in [2.75, 3.05) is 13.1 Å². The molecule has 4 N–H and O–H groups in total. The number of hydrogen-bond acceptors (Lipinski definition) is 4. The van der Waals surface area contributed by atoms with Crippen molar-refractivity contribution in [2.24, 2.45) is 11.7 Å². The zero-order valence-electron chi connectivity index (χ0n) is 15.0. The molecule has 0 aliphatic carbocycles. The Morgan fingerprint density at radius 2 is 1.64 bits per heavy atom. The molecule has 2 heterocycles. The van der Waals surface area contributed by atoms with Gasteiger partial charge >= 0.3 is 6.09 Å². The van der Waals surface area contributed by atoms with E-state index >= 15 is 0 Å². The van der Waals surface area contributed by atoms with E-state index in [1.807, 2.05) is 13.8 Å². The summed E-state index contributed by atoms with van der Waals surface area (Å²) in [5.74, 6) is 0.216. The molecule has 0 saturated carbocycles. The average Bonchev–Trinajstić information content (AvgIpc) is 3.15. The Balaban J connectivity index is 0.000000381. The predicted octanol–water partition coefficient (Wildman–Crippen LogP) is 2.12. The summed E-state index contributed by atoms with van der Waals surface area (Å²) >= 11 is 0. The van der Waals surface area contributed by atoms with Crippen molar-refractivity contribution >= 4 is 12.0 Å². The minimum Gasteiger partial charge on any atom is -0.508 e. The second-order valence-electron chi connectivity index (χ2n) is 6.52. The number of nitrogens with zero attached hydrogens (tertiary/aromatic N) is 2. The molecule has 2 aliphatic rings. The molecule has 7 heteroatoms. The number of carboxylic acid groups (broad SMARTS) is 1. The van der Waals surface area contributed by atoms with Gasteiger partial charge in [0.15, 0.2) is 0 Å². The first-order valence-electron chi connectivity index (χ1n) is 8.44. The van der Waals surface area contributed by atoms with Crippen molar-refractivity contribution in [3.8, 4) is 0 Å². The van der Waals surface area contributed by atoms with Crippen LogP contribution in [0, 0.1) is 5.92 Å². The van der Waals surface area contributed by atoms with Gasteiger partial charge < -0.3 is 25.7 Å². The van der Waals surface area contributed by atoms with Gasteiger partial charge in [-0.25, -0.2) is 4.79 Å². The van der Waals surface area contributed by atoms with Crippen LogP contribution < -0.4 is 5.73 Å². The maximum Gasteiger partial charge on any atom is 0.407 e. The van der Waals surface area contributed by atoms with Crippen LogP contribution in [0.3, 0.4) is 0 Å². The van der Waals surface area contributed by atoms with Crippen LogP contribution in [-0.4, -0.2) is 63.2 Å². The van der Waals surface area contributed by atoms with Crippen molar-refractivity contribution in [1.29, 1.82) is 0 Å². The van der Waals surface area contributed by atoms with Crippen molar-refractivity contribution in [1.82, 2.24) is 9.80 Å². The third kappa shape index (κ3) is 5.09. The Labute approximate surface area is 149 Å². The molecule has 0 bridgehead atoms. The number of likely N-dealkylation sites (tertiary alicyclic amines) is 2. The van der Waals surface area contributed by atoms with Gasteiger partial charge in [0.05, 0.1) is 18.1 Å². The van der Waals surface area contributed by atoms with E-state index in [-0.39, 0.29) is 29.7 Å². The zero-order valence-corrected chi connectivity index (χ0v) is 15.0. The van der Waals surface area contributed by atoms with Gasteiger partial charge in [0.1, 0.15) is 5.76 Å². The molecule has 0 aromatic carbocycles. The lowest BCUT2D eigenvalue weighted by atomic mass is 10.0. The molecule has 7 nitrogen and oxygen atoms in total. The fraction of sp³-hybridized carbons (Fsp3) is 0.556. The fourth-order valence-corrected chi connectivity index (χ4v) is 3.16. The molecule has 2 fully saturated rings. The van der Waals surface area contributed by atoms with Gasteiger partial charge in [-0.05, 0) is 30.9 Å². The second-order valence-corrected chi connectivity index (χ2v) is 6.52. The number of allylic oxidation sites excluding steroid dienone is 3. The third-order valence-electron chi connectivity index (χ3n) is 4.61. The van der Waals surface area contributed by atoms with Crippen LogP contribution in [0.2, 0.25) is 0 Å². The Morgan fingerprint density at radius 3 is 2.04 bits per heavy atom. The van der Waals surface area contributed by atoms with E-state index in [0.29, 0.717) is 13.1 Å². The Morgan fingerprint density at radius 1 is 1.12 bits per heavy atom. The van der Waals surface area contributed by atoms with Gasteiger partial charge in [-0.3, -0.25) is 4.79 Å².